The zero-order valence-electron chi connectivity index (χ0n) is 13.8. The first-order valence-corrected chi connectivity index (χ1v) is 8.78. The fourth-order valence-corrected chi connectivity index (χ4v) is 3.50. The molecule has 1 aliphatic rings. The molecule has 0 saturated carbocycles. The first-order chi connectivity index (χ1) is 12.6. The Labute approximate surface area is 152 Å². The molecule has 2 amide bonds. The second-order valence-corrected chi connectivity index (χ2v) is 6.77. The van der Waals surface area contributed by atoms with Crippen LogP contribution in [-0.2, 0) is 9.59 Å². The Balaban J connectivity index is 1.48. The minimum absolute atomic E-state index is 0.139. The fourth-order valence-electron chi connectivity index (χ4n) is 2.59. The van der Waals surface area contributed by atoms with Gasteiger partial charge in [-0.2, -0.15) is 0 Å². The minimum atomic E-state index is -0.744. The Bertz CT molecular complexity index is 1000. The van der Waals surface area contributed by atoms with E-state index in [1.807, 2.05) is 18.2 Å². The van der Waals surface area contributed by atoms with Gasteiger partial charge >= 0.3 is 0 Å². The number of carbonyl (C=O) groups is 2. The zero-order valence-corrected chi connectivity index (χ0v) is 14.6. The van der Waals surface area contributed by atoms with Crippen LogP contribution in [0.5, 0.6) is 11.5 Å². The second-order valence-electron chi connectivity index (χ2n) is 5.74. The summed E-state index contributed by atoms with van der Waals surface area (Å²) in [5, 5.41) is 5.96. The number of hydrogen-bond acceptors (Lipinski definition) is 6. The van der Waals surface area contributed by atoms with Gasteiger partial charge in [0.25, 0.3) is 5.91 Å². The van der Waals surface area contributed by atoms with Gasteiger partial charge in [0.15, 0.2) is 16.6 Å². The maximum absolute atomic E-state index is 12.5. The summed E-state index contributed by atoms with van der Waals surface area (Å²) in [5.41, 5.74) is 1.43. The van der Waals surface area contributed by atoms with Crippen LogP contribution in [0.4, 0.5) is 10.8 Å². The lowest BCUT2D eigenvalue weighted by atomic mass is 10.2. The van der Waals surface area contributed by atoms with Gasteiger partial charge in [-0.15, -0.1) is 0 Å². The maximum atomic E-state index is 12.5. The molecule has 2 aromatic carbocycles. The number of ether oxygens (including phenoxy) is 2. The molecule has 0 unspecified atom stereocenters. The van der Waals surface area contributed by atoms with E-state index in [0.717, 1.165) is 10.2 Å². The molecule has 0 fully saturated rings. The Morgan fingerprint density at radius 3 is 2.77 bits per heavy atom. The number of hydrogen-bond donors (Lipinski definition) is 2. The predicted molar refractivity (Wildman–Crippen MR) is 98.9 cm³/mol. The van der Waals surface area contributed by atoms with E-state index in [1.165, 1.54) is 18.3 Å². The SMILES string of the molecule is CC(=O)Nc1ccc2nc(NC(=O)[C@@H]3COc4ccccc4O3)sc2c1. The molecular formula is C18H15N3O4S. The lowest BCUT2D eigenvalue weighted by Gasteiger charge is -2.25. The maximum Gasteiger partial charge on any atom is 0.270 e. The van der Waals surface area contributed by atoms with Crippen molar-refractivity contribution in [2.24, 2.45) is 0 Å². The Hall–Kier alpha value is -3.13. The van der Waals surface area contributed by atoms with Crippen molar-refractivity contribution in [1.29, 1.82) is 0 Å². The number of benzene rings is 2. The fraction of sp³-hybridized carbons (Fsp3) is 0.167. The molecule has 132 valence electrons. The van der Waals surface area contributed by atoms with E-state index in [-0.39, 0.29) is 18.4 Å². The van der Waals surface area contributed by atoms with Gasteiger partial charge in [-0.05, 0) is 30.3 Å². The van der Waals surface area contributed by atoms with Gasteiger partial charge in [-0.3, -0.25) is 14.9 Å². The molecule has 0 bridgehead atoms. The van der Waals surface area contributed by atoms with Gasteiger partial charge < -0.3 is 14.8 Å². The molecule has 8 heteroatoms. The number of thiazole rings is 1. The van der Waals surface area contributed by atoms with Gasteiger partial charge in [-0.1, -0.05) is 23.5 Å². The quantitative estimate of drug-likeness (QED) is 0.741. The number of nitrogens with zero attached hydrogens (tertiary/aromatic N) is 1. The summed E-state index contributed by atoms with van der Waals surface area (Å²) in [6.07, 6.45) is -0.744. The molecule has 7 nitrogen and oxygen atoms in total. The van der Waals surface area contributed by atoms with E-state index < -0.39 is 6.10 Å². The van der Waals surface area contributed by atoms with Crippen molar-refractivity contribution in [2.75, 3.05) is 17.2 Å². The van der Waals surface area contributed by atoms with Crippen LogP contribution in [0.2, 0.25) is 0 Å². The van der Waals surface area contributed by atoms with E-state index in [0.29, 0.717) is 22.3 Å². The first kappa shape index (κ1) is 16.3. The van der Waals surface area contributed by atoms with Crippen molar-refractivity contribution in [3.8, 4) is 11.5 Å². The van der Waals surface area contributed by atoms with Gasteiger partial charge in [0.05, 0.1) is 10.2 Å². The number of para-hydroxylation sites is 2. The minimum Gasteiger partial charge on any atom is -0.485 e. The van der Waals surface area contributed by atoms with Crippen LogP contribution in [0.3, 0.4) is 0 Å². The highest BCUT2D eigenvalue weighted by molar-refractivity contribution is 7.22. The van der Waals surface area contributed by atoms with E-state index in [4.69, 9.17) is 9.47 Å². The molecule has 1 aliphatic heterocycles. The van der Waals surface area contributed by atoms with Crippen LogP contribution in [-0.4, -0.2) is 29.5 Å². The van der Waals surface area contributed by atoms with Gasteiger partial charge in [0, 0.05) is 12.6 Å². The molecule has 26 heavy (non-hydrogen) atoms. The number of carbonyl (C=O) groups excluding carboxylic acids is 2. The molecule has 1 atom stereocenters. The van der Waals surface area contributed by atoms with E-state index in [1.54, 1.807) is 24.3 Å². The summed E-state index contributed by atoms with van der Waals surface area (Å²) < 4.78 is 12.1. The van der Waals surface area contributed by atoms with E-state index in [9.17, 15) is 9.59 Å². The summed E-state index contributed by atoms with van der Waals surface area (Å²) >= 11 is 1.33. The van der Waals surface area contributed by atoms with Crippen LogP contribution in [0.1, 0.15) is 6.92 Å². The van der Waals surface area contributed by atoms with E-state index in [2.05, 4.69) is 15.6 Å². The van der Waals surface area contributed by atoms with Gasteiger partial charge in [0.1, 0.15) is 6.61 Å². The van der Waals surface area contributed by atoms with Crippen LogP contribution in [0.25, 0.3) is 10.2 Å². The molecule has 0 saturated heterocycles. The lowest BCUT2D eigenvalue weighted by Crippen LogP contribution is -2.40. The molecule has 4 rings (SSSR count). The number of amides is 2. The highest BCUT2D eigenvalue weighted by Crippen LogP contribution is 2.32. The van der Waals surface area contributed by atoms with Crippen molar-refractivity contribution < 1.29 is 19.1 Å². The van der Waals surface area contributed by atoms with Gasteiger partial charge in [-0.25, -0.2) is 4.98 Å². The standard InChI is InChI=1S/C18H15N3O4S/c1-10(22)19-11-6-7-12-16(8-11)26-18(20-12)21-17(23)15-9-24-13-4-2-3-5-14(13)25-15/h2-8,15H,9H2,1H3,(H,19,22)(H,20,21,23)/t15-/m0/s1. The molecule has 2 heterocycles. The molecule has 0 aliphatic carbocycles. The number of fused-ring (bicyclic) bond motifs is 2. The third kappa shape index (κ3) is 3.31. The summed E-state index contributed by atoms with van der Waals surface area (Å²) in [7, 11) is 0. The summed E-state index contributed by atoms with van der Waals surface area (Å²) in [6.45, 7) is 1.59. The predicted octanol–water partition coefficient (Wildman–Crippen LogP) is 3.03. The van der Waals surface area contributed by atoms with Crippen molar-refractivity contribution in [3.63, 3.8) is 0 Å². The number of rotatable bonds is 3. The van der Waals surface area contributed by atoms with Crippen molar-refractivity contribution in [1.82, 2.24) is 4.98 Å². The summed E-state index contributed by atoms with van der Waals surface area (Å²) in [4.78, 5) is 28.0. The van der Waals surface area contributed by atoms with Crippen molar-refractivity contribution in [2.45, 2.75) is 13.0 Å². The molecule has 2 N–H and O–H groups in total. The zero-order chi connectivity index (χ0) is 18.1. The molecule has 0 radical (unpaired) electrons. The Kier molecular flexibility index (Phi) is 4.18. The smallest absolute Gasteiger partial charge is 0.270 e. The third-order valence-corrected chi connectivity index (χ3v) is 4.67. The van der Waals surface area contributed by atoms with E-state index >= 15 is 0 Å². The average Bonchev–Trinajstić information content (AvgIpc) is 3.02. The highest BCUT2D eigenvalue weighted by atomic mass is 32.1. The highest BCUT2D eigenvalue weighted by Gasteiger charge is 2.27. The molecule has 3 aromatic rings. The topological polar surface area (TPSA) is 89.6 Å². The first-order valence-electron chi connectivity index (χ1n) is 7.96. The third-order valence-electron chi connectivity index (χ3n) is 3.74. The van der Waals surface area contributed by atoms with Gasteiger partial charge in [0.2, 0.25) is 12.0 Å². The Morgan fingerprint density at radius 1 is 1.15 bits per heavy atom. The van der Waals surface area contributed by atoms with Crippen LogP contribution < -0.4 is 20.1 Å². The second kappa shape index (κ2) is 6.64. The average molecular weight is 369 g/mol. The largest absolute Gasteiger partial charge is 0.485 e. The van der Waals surface area contributed by atoms with Crippen molar-refractivity contribution in [3.05, 3.63) is 42.5 Å². The summed E-state index contributed by atoms with van der Waals surface area (Å²) in [5.74, 6) is 0.711. The van der Waals surface area contributed by atoms with Crippen LogP contribution in [0.15, 0.2) is 42.5 Å². The van der Waals surface area contributed by atoms with Crippen molar-refractivity contribution >= 4 is 44.2 Å². The molecule has 0 spiro atoms. The monoisotopic (exact) mass is 369 g/mol. The number of aromatic nitrogens is 1. The Morgan fingerprint density at radius 2 is 1.96 bits per heavy atom. The normalized spacial score (nSPS) is 15.5. The number of anilines is 2. The molecule has 1 aromatic heterocycles. The van der Waals surface area contributed by atoms with Crippen LogP contribution >= 0.6 is 11.3 Å². The lowest BCUT2D eigenvalue weighted by molar-refractivity contribution is -0.125. The summed E-state index contributed by atoms with van der Waals surface area (Å²) in [6, 6.07) is 12.6. The van der Waals surface area contributed by atoms with Crippen LogP contribution in [0, 0.1) is 0 Å². The number of nitrogens with one attached hydrogen (secondary N) is 2. The molecular weight excluding hydrogens is 354 g/mol.